The number of piperazine rings is 1. The SMILES string of the molecule is CCc1cc(OC(F)(F)F)ccc1-c1cn(CCCN)c2ccc(CN3CCN(Cc4ccc(C)cc4Cl)CC3)cc12. The lowest BCUT2D eigenvalue weighted by Gasteiger charge is -2.35. The van der Waals surface area contributed by atoms with Gasteiger partial charge in [-0.3, -0.25) is 9.80 Å². The highest BCUT2D eigenvalue weighted by Crippen LogP contribution is 2.37. The summed E-state index contributed by atoms with van der Waals surface area (Å²) in [6, 6.07) is 17.5. The summed E-state index contributed by atoms with van der Waals surface area (Å²) in [5.41, 5.74) is 13.2. The molecule has 0 radical (unpaired) electrons. The zero-order valence-corrected chi connectivity index (χ0v) is 24.9. The Balaban J connectivity index is 1.36. The zero-order valence-electron chi connectivity index (χ0n) is 24.2. The smallest absolute Gasteiger partial charge is 0.406 e. The third-order valence-corrected chi connectivity index (χ3v) is 8.36. The van der Waals surface area contributed by atoms with Crippen LogP contribution in [0.25, 0.3) is 22.0 Å². The second-order valence-corrected chi connectivity index (χ2v) is 11.5. The van der Waals surface area contributed by atoms with Crippen molar-refractivity contribution in [3.63, 3.8) is 0 Å². The van der Waals surface area contributed by atoms with E-state index in [0.29, 0.717) is 13.0 Å². The summed E-state index contributed by atoms with van der Waals surface area (Å²) in [4.78, 5) is 4.92. The Hall–Kier alpha value is -3.04. The Kier molecular flexibility index (Phi) is 9.47. The number of nitrogens with zero attached hydrogens (tertiary/aromatic N) is 3. The molecule has 5 nitrogen and oxygen atoms in total. The topological polar surface area (TPSA) is 46.7 Å². The largest absolute Gasteiger partial charge is 0.573 e. The molecule has 1 fully saturated rings. The fourth-order valence-corrected chi connectivity index (χ4v) is 6.11. The molecule has 1 aliphatic rings. The predicted octanol–water partition coefficient (Wildman–Crippen LogP) is 7.40. The molecule has 9 heteroatoms. The summed E-state index contributed by atoms with van der Waals surface area (Å²) < 4.78 is 45.0. The summed E-state index contributed by atoms with van der Waals surface area (Å²) >= 11 is 6.47. The van der Waals surface area contributed by atoms with Crippen molar-refractivity contribution in [3.8, 4) is 16.9 Å². The van der Waals surface area contributed by atoms with Crippen molar-refractivity contribution in [1.82, 2.24) is 14.4 Å². The molecule has 0 amide bonds. The molecular weight excluding hydrogens is 561 g/mol. The average Bonchev–Trinajstić information content (AvgIpc) is 3.31. The quantitative estimate of drug-likeness (QED) is 0.207. The molecule has 2 N–H and O–H groups in total. The zero-order chi connectivity index (χ0) is 29.9. The van der Waals surface area contributed by atoms with Gasteiger partial charge in [-0.2, -0.15) is 0 Å². The first-order valence-electron chi connectivity index (χ1n) is 14.5. The van der Waals surface area contributed by atoms with Crippen LogP contribution in [0.15, 0.2) is 60.8 Å². The van der Waals surface area contributed by atoms with Crippen LogP contribution in [0.5, 0.6) is 5.75 Å². The molecule has 0 atom stereocenters. The molecule has 0 unspecified atom stereocenters. The molecule has 0 spiro atoms. The number of ether oxygens (including phenoxy) is 1. The third-order valence-electron chi connectivity index (χ3n) is 8.00. The number of aryl methyl sites for hydroxylation is 3. The number of alkyl halides is 3. The van der Waals surface area contributed by atoms with Crippen LogP contribution in [0.4, 0.5) is 13.2 Å². The monoisotopic (exact) mass is 598 g/mol. The van der Waals surface area contributed by atoms with Crippen molar-refractivity contribution in [2.75, 3.05) is 32.7 Å². The van der Waals surface area contributed by atoms with Crippen molar-refractivity contribution in [1.29, 1.82) is 0 Å². The van der Waals surface area contributed by atoms with E-state index < -0.39 is 6.36 Å². The van der Waals surface area contributed by atoms with Crippen LogP contribution >= 0.6 is 11.6 Å². The van der Waals surface area contributed by atoms with Gasteiger partial charge in [-0.15, -0.1) is 13.2 Å². The molecule has 5 rings (SSSR count). The Morgan fingerprint density at radius 3 is 2.29 bits per heavy atom. The molecule has 1 aliphatic heterocycles. The summed E-state index contributed by atoms with van der Waals surface area (Å²) in [5.74, 6) is -0.195. The predicted molar refractivity (Wildman–Crippen MR) is 164 cm³/mol. The number of hydrogen-bond acceptors (Lipinski definition) is 4. The number of fused-ring (bicyclic) bond motifs is 1. The molecule has 0 bridgehead atoms. The fourth-order valence-electron chi connectivity index (χ4n) is 5.81. The summed E-state index contributed by atoms with van der Waals surface area (Å²) in [7, 11) is 0. The van der Waals surface area contributed by atoms with Gasteiger partial charge >= 0.3 is 6.36 Å². The molecule has 4 aromatic rings. The summed E-state index contributed by atoms with van der Waals surface area (Å²) in [6.45, 7) is 10.9. The van der Waals surface area contributed by atoms with E-state index in [0.717, 1.165) is 90.4 Å². The van der Waals surface area contributed by atoms with Crippen LogP contribution in [0.3, 0.4) is 0 Å². The van der Waals surface area contributed by atoms with Crippen LogP contribution < -0.4 is 10.5 Å². The van der Waals surface area contributed by atoms with E-state index in [1.54, 1.807) is 6.07 Å². The molecule has 224 valence electrons. The van der Waals surface area contributed by atoms with Crippen LogP contribution in [0.2, 0.25) is 5.02 Å². The first kappa shape index (κ1) is 30.4. The van der Waals surface area contributed by atoms with E-state index in [1.807, 2.05) is 13.0 Å². The number of hydrogen-bond donors (Lipinski definition) is 1. The standard InChI is InChI=1S/C33H38ClF3N4O/c1-3-25-19-27(42-33(35,36)37)8-9-28(25)30-22-41(12-4-11-38)32-10-6-24(18-29(30)32)20-39-13-15-40(16-14-39)21-26-7-5-23(2)17-31(26)34/h5-10,17-19,22H,3-4,11-16,20-21,38H2,1-2H3. The van der Waals surface area contributed by atoms with Crippen LogP contribution in [0.1, 0.15) is 35.6 Å². The lowest BCUT2D eigenvalue weighted by molar-refractivity contribution is -0.274. The minimum Gasteiger partial charge on any atom is -0.406 e. The maximum Gasteiger partial charge on any atom is 0.573 e. The first-order valence-corrected chi connectivity index (χ1v) is 14.9. The highest BCUT2D eigenvalue weighted by Gasteiger charge is 2.31. The number of nitrogens with two attached hydrogens (primary N) is 1. The highest BCUT2D eigenvalue weighted by atomic mass is 35.5. The third kappa shape index (κ3) is 7.29. The number of aromatic nitrogens is 1. The lowest BCUT2D eigenvalue weighted by atomic mass is 9.96. The number of halogens is 4. The van der Waals surface area contributed by atoms with E-state index in [-0.39, 0.29) is 5.75 Å². The van der Waals surface area contributed by atoms with Gasteiger partial charge in [-0.05, 0) is 84.5 Å². The van der Waals surface area contributed by atoms with Gasteiger partial charge < -0.3 is 15.0 Å². The van der Waals surface area contributed by atoms with Crippen molar-refractivity contribution < 1.29 is 17.9 Å². The number of rotatable bonds is 10. The minimum absolute atomic E-state index is 0.195. The van der Waals surface area contributed by atoms with E-state index in [4.69, 9.17) is 17.3 Å². The van der Waals surface area contributed by atoms with Gasteiger partial charge in [0.25, 0.3) is 0 Å². The van der Waals surface area contributed by atoms with Gasteiger partial charge in [0.1, 0.15) is 5.75 Å². The van der Waals surface area contributed by atoms with Crippen molar-refractivity contribution >= 4 is 22.5 Å². The normalized spacial score (nSPS) is 15.0. The number of benzene rings is 3. The van der Waals surface area contributed by atoms with Gasteiger partial charge in [0.15, 0.2) is 0 Å². The van der Waals surface area contributed by atoms with Gasteiger partial charge in [-0.1, -0.05) is 42.8 Å². The molecular formula is C33H38ClF3N4O. The first-order chi connectivity index (χ1) is 20.1. The molecule has 2 heterocycles. The highest BCUT2D eigenvalue weighted by molar-refractivity contribution is 6.31. The average molecular weight is 599 g/mol. The Morgan fingerprint density at radius 1 is 0.881 bits per heavy atom. The van der Waals surface area contributed by atoms with Crippen molar-refractivity contribution in [2.24, 2.45) is 5.73 Å². The Labute approximate surface area is 250 Å². The van der Waals surface area contributed by atoms with Gasteiger partial charge in [-0.25, -0.2) is 0 Å². The summed E-state index contributed by atoms with van der Waals surface area (Å²) in [5, 5.41) is 1.92. The maximum atomic E-state index is 12.9. The second kappa shape index (κ2) is 13.1. The van der Waals surface area contributed by atoms with Crippen LogP contribution in [-0.2, 0) is 26.1 Å². The summed E-state index contributed by atoms with van der Waals surface area (Å²) in [6.07, 6.45) is -1.20. The van der Waals surface area contributed by atoms with E-state index >= 15 is 0 Å². The Morgan fingerprint density at radius 2 is 1.62 bits per heavy atom. The van der Waals surface area contributed by atoms with Gasteiger partial charge in [0.2, 0.25) is 0 Å². The molecule has 42 heavy (non-hydrogen) atoms. The van der Waals surface area contributed by atoms with Gasteiger partial charge in [0, 0.05) is 73.5 Å². The molecule has 3 aromatic carbocycles. The molecule has 1 saturated heterocycles. The van der Waals surface area contributed by atoms with E-state index in [2.05, 4.69) is 62.6 Å². The Bertz CT molecular complexity index is 1530. The molecule has 0 saturated carbocycles. The fraction of sp³-hybridized carbons (Fsp3) is 0.394. The van der Waals surface area contributed by atoms with E-state index in [1.165, 1.54) is 23.3 Å². The molecule has 1 aromatic heterocycles. The van der Waals surface area contributed by atoms with Crippen LogP contribution in [0, 0.1) is 6.92 Å². The molecule has 0 aliphatic carbocycles. The minimum atomic E-state index is -4.72. The second-order valence-electron chi connectivity index (χ2n) is 11.1. The maximum absolute atomic E-state index is 12.9. The van der Waals surface area contributed by atoms with E-state index in [9.17, 15) is 13.2 Å². The van der Waals surface area contributed by atoms with Gasteiger partial charge in [0.05, 0.1) is 0 Å². The van der Waals surface area contributed by atoms with Crippen molar-refractivity contribution in [2.45, 2.75) is 52.7 Å². The van der Waals surface area contributed by atoms with Crippen molar-refractivity contribution in [3.05, 3.63) is 88.1 Å². The lowest BCUT2D eigenvalue weighted by Crippen LogP contribution is -2.45. The van der Waals surface area contributed by atoms with Crippen LogP contribution in [-0.4, -0.2) is 53.5 Å².